The molecule has 0 bridgehead atoms. The average Bonchev–Trinajstić information content (AvgIpc) is 2.81. The lowest BCUT2D eigenvalue weighted by atomic mass is 9.91. The zero-order valence-electron chi connectivity index (χ0n) is 14.6. The molecule has 1 aromatic carbocycles. The van der Waals surface area contributed by atoms with Crippen LogP contribution in [0.1, 0.15) is 46.4 Å². The van der Waals surface area contributed by atoms with Crippen molar-refractivity contribution in [2.45, 2.75) is 42.7 Å². The third-order valence-electron chi connectivity index (χ3n) is 4.87. The Hall–Kier alpha value is -1.97. The normalized spacial score (nSPS) is 24.4. The van der Waals surface area contributed by atoms with Gasteiger partial charge >= 0.3 is 0 Å². The molecule has 1 aliphatic carbocycles. The van der Waals surface area contributed by atoms with Gasteiger partial charge in [-0.05, 0) is 43.9 Å². The Morgan fingerprint density at radius 1 is 1.31 bits per heavy atom. The number of carbonyl (C=O) groups excluding carboxylic acids is 2. The van der Waals surface area contributed by atoms with Crippen LogP contribution >= 0.6 is 0 Å². The molecular weight excluding hydrogens is 358 g/mol. The number of methoxy groups -OCH3 is 1. The second-order valence-electron chi connectivity index (χ2n) is 6.67. The van der Waals surface area contributed by atoms with E-state index < -0.39 is 15.9 Å². The molecule has 0 radical (unpaired) electrons. The maximum atomic E-state index is 12.6. The third-order valence-corrected chi connectivity index (χ3v) is 6.70. The number of hydrogen-bond donors (Lipinski definition) is 2. The van der Waals surface area contributed by atoms with Crippen molar-refractivity contribution in [2.24, 2.45) is 5.73 Å². The molecule has 26 heavy (non-hydrogen) atoms. The molecule has 142 valence electrons. The van der Waals surface area contributed by atoms with E-state index in [1.165, 1.54) is 25.3 Å². The molecule has 0 atom stereocenters. The summed E-state index contributed by atoms with van der Waals surface area (Å²) in [5, 5.41) is 2.92. The second kappa shape index (κ2) is 7.34. The Morgan fingerprint density at radius 2 is 2.00 bits per heavy atom. The number of nitrogens with zero attached hydrogens (tertiary/aromatic N) is 1. The molecule has 0 aromatic heterocycles. The zero-order valence-corrected chi connectivity index (χ0v) is 15.4. The van der Waals surface area contributed by atoms with E-state index in [-0.39, 0.29) is 47.2 Å². The molecule has 1 fully saturated rings. The lowest BCUT2D eigenvalue weighted by Gasteiger charge is -2.26. The van der Waals surface area contributed by atoms with Crippen LogP contribution < -0.4 is 11.1 Å². The Labute approximate surface area is 152 Å². The fourth-order valence-corrected chi connectivity index (χ4v) is 4.92. The predicted molar refractivity (Wildman–Crippen MR) is 94.2 cm³/mol. The smallest absolute Gasteiger partial charge is 0.269 e. The van der Waals surface area contributed by atoms with Gasteiger partial charge in [0.2, 0.25) is 0 Å². The number of carbonyl (C=O) groups is 2. The van der Waals surface area contributed by atoms with Crippen LogP contribution in [0.2, 0.25) is 0 Å². The number of ether oxygens (including phenoxy) is 1. The minimum absolute atomic E-state index is 0.0343. The second-order valence-corrected chi connectivity index (χ2v) is 8.50. The molecule has 0 saturated heterocycles. The van der Waals surface area contributed by atoms with E-state index in [9.17, 15) is 18.0 Å². The van der Waals surface area contributed by atoms with Gasteiger partial charge in [0.05, 0.1) is 18.7 Å². The van der Waals surface area contributed by atoms with E-state index in [0.717, 1.165) is 30.0 Å². The highest BCUT2D eigenvalue weighted by molar-refractivity contribution is 7.90. The minimum atomic E-state index is -3.96. The van der Waals surface area contributed by atoms with E-state index in [1.807, 2.05) is 0 Å². The molecule has 9 heteroatoms. The lowest BCUT2D eigenvalue weighted by molar-refractivity contribution is 0.0835. The van der Waals surface area contributed by atoms with Crippen LogP contribution in [-0.4, -0.2) is 56.9 Å². The van der Waals surface area contributed by atoms with Gasteiger partial charge in [0.15, 0.2) is 0 Å². The van der Waals surface area contributed by atoms with Crippen molar-refractivity contribution in [2.75, 3.05) is 20.3 Å². The molecule has 3 rings (SSSR count). The number of nitrogens with one attached hydrogen (secondary N) is 1. The maximum Gasteiger partial charge on any atom is 0.269 e. The zero-order chi connectivity index (χ0) is 18.9. The van der Waals surface area contributed by atoms with E-state index >= 15 is 0 Å². The van der Waals surface area contributed by atoms with Crippen LogP contribution in [0.25, 0.3) is 0 Å². The maximum absolute atomic E-state index is 12.6. The summed E-state index contributed by atoms with van der Waals surface area (Å²) in [5.41, 5.74) is 6.18. The lowest BCUT2D eigenvalue weighted by Crippen LogP contribution is -2.40. The fourth-order valence-electron chi connectivity index (χ4n) is 3.34. The van der Waals surface area contributed by atoms with E-state index in [1.54, 1.807) is 0 Å². The van der Waals surface area contributed by atoms with Crippen molar-refractivity contribution in [1.29, 1.82) is 0 Å². The van der Waals surface area contributed by atoms with Crippen LogP contribution in [-0.2, 0) is 14.8 Å². The van der Waals surface area contributed by atoms with Gasteiger partial charge in [-0.2, -0.15) is 0 Å². The first kappa shape index (κ1) is 18.8. The minimum Gasteiger partial charge on any atom is -0.383 e. The van der Waals surface area contributed by atoms with Crippen molar-refractivity contribution in [3.8, 4) is 0 Å². The average molecular weight is 381 g/mol. The van der Waals surface area contributed by atoms with Gasteiger partial charge in [0.25, 0.3) is 21.8 Å². The van der Waals surface area contributed by atoms with Crippen LogP contribution in [0.15, 0.2) is 23.1 Å². The SMILES string of the molecule is COCCN1C(=O)c2ccc(C(=O)NC3CCC(N)CC3)cc2S1(=O)=O. The largest absolute Gasteiger partial charge is 0.383 e. The number of hydrogen-bond acceptors (Lipinski definition) is 6. The molecule has 3 N–H and O–H groups in total. The molecule has 1 saturated carbocycles. The van der Waals surface area contributed by atoms with Gasteiger partial charge in [-0.1, -0.05) is 0 Å². The molecule has 8 nitrogen and oxygen atoms in total. The standard InChI is InChI=1S/C17H23N3O5S/c1-25-9-8-20-17(22)14-7-2-11(10-15(14)26(20,23)24)16(21)19-13-5-3-12(18)4-6-13/h2,7,10,12-13H,3-6,8-9,18H2,1H3,(H,19,21). The van der Waals surface area contributed by atoms with Gasteiger partial charge in [-0.15, -0.1) is 0 Å². The topological polar surface area (TPSA) is 119 Å². The van der Waals surface area contributed by atoms with Gasteiger partial charge in [0.1, 0.15) is 4.90 Å². The Morgan fingerprint density at radius 3 is 2.65 bits per heavy atom. The van der Waals surface area contributed by atoms with Gasteiger partial charge in [-0.25, -0.2) is 12.7 Å². The first-order valence-corrected chi connectivity index (χ1v) is 10.0. The van der Waals surface area contributed by atoms with Crippen molar-refractivity contribution >= 4 is 21.8 Å². The van der Waals surface area contributed by atoms with E-state index in [2.05, 4.69) is 5.32 Å². The van der Waals surface area contributed by atoms with Crippen LogP contribution in [0.4, 0.5) is 0 Å². The van der Waals surface area contributed by atoms with Crippen molar-refractivity contribution in [3.63, 3.8) is 0 Å². The highest BCUT2D eigenvalue weighted by Crippen LogP contribution is 2.31. The predicted octanol–water partition coefficient (Wildman–Crippen LogP) is 0.477. The number of nitrogens with two attached hydrogens (primary N) is 1. The molecule has 1 aromatic rings. The van der Waals surface area contributed by atoms with Crippen LogP contribution in [0, 0.1) is 0 Å². The van der Waals surface area contributed by atoms with Gasteiger partial charge < -0.3 is 15.8 Å². The molecule has 2 aliphatic rings. The van der Waals surface area contributed by atoms with Crippen molar-refractivity contribution in [1.82, 2.24) is 9.62 Å². The fraction of sp³-hybridized carbons (Fsp3) is 0.529. The summed E-state index contributed by atoms with van der Waals surface area (Å²) in [7, 11) is -2.53. The summed E-state index contributed by atoms with van der Waals surface area (Å²) in [6.45, 7) is 0.0479. The monoisotopic (exact) mass is 381 g/mol. The summed E-state index contributed by atoms with van der Waals surface area (Å²) in [6, 6.07) is 4.37. The molecule has 2 amide bonds. The van der Waals surface area contributed by atoms with E-state index in [4.69, 9.17) is 10.5 Å². The number of amides is 2. The Kier molecular flexibility index (Phi) is 5.31. The van der Waals surface area contributed by atoms with Gasteiger partial charge in [-0.3, -0.25) is 9.59 Å². The summed E-state index contributed by atoms with van der Waals surface area (Å²) in [6.07, 6.45) is 3.32. The highest BCUT2D eigenvalue weighted by atomic mass is 32.2. The van der Waals surface area contributed by atoms with Crippen molar-refractivity contribution in [3.05, 3.63) is 29.3 Å². The quantitative estimate of drug-likeness (QED) is 0.766. The molecule has 1 aliphatic heterocycles. The summed E-state index contributed by atoms with van der Waals surface area (Å²) in [4.78, 5) is 24.7. The van der Waals surface area contributed by atoms with Gasteiger partial charge in [0, 0.05) is 24.8 Å². The third kappa shape index (κ3) is 3.46. The molecule has 0 unspecified atom stereocenters. The number of fused-ring (bicyclic) bond motifs is 1. The van der Waals surface area contributed by atoms with Crippen LogP contribution in [0.5, 0.6) is 0 Å². The number of benzene rings is 1. The number of sulfonamides is 1. The first-order valence-electron chi connectivity index (χ1n) is 8.61. The Balaban J connectivity index is 1.79. The summed E-state index contributed by atoms with van der Waals surface area (Å²) >= 11 is 0. The first-order chi connectivity index (χ1) is 12.3. The summed E-state index contributed by atoms with van der Waals surface area (Å²) < 4.78 is 30.9. The Bertz CT molecular complexity index is 816. The summed E-state index contributed by atoms with van der Waals surface area (Å²) in [5.74, 6) is -0.934. The van der Waals surface area contributed by atoms with E-state index in [0.29, 0.717) is 0 Å². The highest BCUT2D eigenvalue weighted by Gasteiger charge is 2.41. The molecule has 1 heterocycles. The molecular formula is C17H23N3O5S. The number of rotatable bonds is 5. The van der Waals surface area contributed by atoms with Crippen LogP contribution in [0.3, 0.4) is 0 Å². The van der Waals surface area contributed by atoms with Crippen molar-refractivity contribution < 1.29 is 22.7 Å². The molecule has 0 spiro atoms.